The van der Waals surface area contributed by atoms with E-state index in [0.717, 1.165) is 11.4 Å². The monoisotopic (exact) mass is 291 g/mol. The second kappa shape index (κ2) is 7.11. The maximum absolute atomic E-state index is 12.2. The Morgan fingerprint density at radius 2 is 1.71 bits per heavy atom. The summed E-state index contributed by atoms with van der Waals surface area (Å²) in [6, 6.07) is 7.26. The third-order valence-corrected chi connectivity index (χ3v) is 3.88. The van der Waals surface area contributed by atoms with Crippen molar-refractivity contribution in [1.82, 2.24) is 0 Å². The number of carboxylic acids is 1. The average Bonchev–Trinajstić information content (AvgIpc) is 2.49. The van der Waals surface area contributed by atoms with Crippen LogP contribution in [0.3, 0.4) is 0 Å². The van der Waals surface area contributed by atoms with Crippen molar-refractivity contribution in [2.75, 3.05) is 11.9 Å². The van der Waals surface area contributed by atoms with Gasteiger partial charge in [0, 0.05) is 11.6 Å². The number of carbonyl (C=O) groups is 2. The number of amides is 1. The van der Waals surface area contributed by atoms with Crippen molar-refractivity contribution >= 4 is 17.6 Å². The van der Waals surface area contributed by atoms with E-state index in [1.54, 1.807) is 0 Å². The number of nitrogens with one attached hydrogen (secondary N) is 1. The van der Waals surface area contributed by atoms with Gasteiger partial charge in [-0.1, -0.05) is 0 Å². The molecule has 5 heteroatoms. The molecule has 0 heterocycles. The standard InChI is InChI=1S/C16H21NO4/c1-2-21-14-9-7-13(8-10-14)17-15(18)11-3-5-12(6-4-11)16(19)20/h7-12H,2-6H2,1H3,(H,17,18)(H,19,20). The number of hydrogen-bond acceptors (Lipinski definition) is 3. The van der Waals surface area contributed by atoms with Crippen LogP contribution < -0.4 is 10.1 Å². The molecule has 0 spiro atoms. The van der Waals surface area contributed by atoms with Gasteiger partial charge in [-0.05, 0) is 56.9 Å². The summed E-state index contributed by atoms with van der Waals surface area (Å²) in [4.78, 5) is 23.1. The molecule has 0 aromatic heterocycles. The molecule has 0 bridgehead atoms. The van der Waals surface area contributed by atoms with Crippen molar-refractivity contribution in [3.63, 3.8) is 0 Å². The van der Waals surface area contributed by atoms with E-state index in [4.69, 9.17) is 9.84 Å². The molecule has 2 rings (SSSR count). The van der Waals surface area contributed by atoms with Crippen LogP contribution in [0.2, 0.25) is 0 Å². The van der Waals surface area contributed by atoms with Crippen LogP contribution in [0.1, 0.15) is 32.6 Å². The van der Waals surface area contributed by atoms with Gasteiger partial charge in [0.15, 0.2) is 0 Å². The first-order chi connectivity index (χ1) is 10.1. The lowest BCUT2D eigenvalue weighted by Gasteiger charge is -2.25. The Bertz CT molecular complexity index is 490. The predicted octanol–water partition coefficient (Wildman–Crippen LogP) is 2.91. The molecule has 0 radical (unpaired) electrons. The van der Waals surface area contributed by atoms with Crippen molar-refractivity contribution in [3.05, 3.63) is 24.3 Å². The smallest absolute Gasteiger partial charge is 0.306 e. The van der Waals surface area contributed by atoms with E-state index < -0.39 is 5.97 Å². The van der Waals surface area contributed by atoms with Gasteiger partial charge in [0.2, 0.25) is 5.91 Å². The molecule has 0 unspecified atom stereocenters. The van der Waals surface area contributed by atoms with E-state index in [0.29, 0.717) is 32.3 Å². The Morgan fingerprint density at radius 3 is 2.24 bits per heavy atom. The highest BCUT2D eigenvalue weighted by Crippen LogP contribution is 2.30. The Morgan fingerprint density at radius 1 is 1.14 bits per heavy atom. The molecule has 5 nitrogen and oxygen atoms in total. The van der Waals surface area contributed by atoms with Gasteiger partial charge >= 0.3 is 5.97 Å². The molecule has 1 aliphatic carbocycles. The third kappa shape index (κ3) is 4.21. The summed E-state index contributed by atoms with van der Waals surface area (Å²) < 4.78 is 5.35. The lowest BCUT2D eigenvalue weighted by atomic mass is 9.81. The van der Waals surface area contributed by atoms with Crippen molar-refractivity contribution in [1.29, 1.82) is 0 Å². The minimum absolute atomic E-state index is 0.0250. The molecule has 1 amide bonds. The van der Waals surface area contributed by atoms with Crippen LogP contribution in [-0.2, 0) is 9.59 Å². The molecule has 1 aromatic carbocycles. The Balaban J connectivity index is 1.85. The summed E-state index contributed by atoms with van der Waals surface area (Å²) in [6.07, 6.45) is 2.44. The fraction of sp³-hybridized carbons (Fsp3) is 0.500. The molecule has 2 N–H and O–H groups in total. The maximum atomic E-state index is 12.2. The normalized spacial score (nSPS) is 21.6. The summed E-state index contributed by atoms with van der Waals surface area (Å²) in [5, 5.41) is 11.8. The Labute approximate surface area is 124 Å². The van der Waals surface area contributed by atoms with Crippen LogP contribution >= 0.6 is 0 Å². The highest BCUT2D eigenvalue weighted by Gasteiger charge is 2.29. The van der Waals surface area contributed by atoms with E-state index in [1.807, 2.05) is 31.2 Å². The van der Waals surface area contributed by atoms with Crippen molar-refractivity contribution in [2.45, 2.75) is 32.6 Å². The van der Waals surface area contributed by atoms with E-state index in [-0.39, 0.29) is 17.7 Å². The SMILES string of the molecule is CCOc1ccc(NC(=O)C2CCC(C(=O)O)CC2)cc1. The quantitative estimate of drug-likeness (QED) is 0.874. The highest BCUT2D eigenvalue weighted by molar-refractivity contribution is 5.92. The molecular weight excluding hydrogens is 270 g/mol. The molecule has 0 aliphatic heterocycles. The van der Waals surface area contributed by atoms with Crippen LogP contribution in [-0.4, -0.2) is 23.6 Å². The van der Waals surface area contributed by atoms with Gasteiger partial charge in [-0.3, -0.25) is 9.59 Å². The fourth-order valence-corrected chi connectivity index (χ4v) is 2.65. The highest BCUT2D eigenvalue weighted by atomic mass is 16.5. The third-order valence-electron chi connectivity index (χ3n) is 3.88. The topological polar surface area (TPSA) is 75.6 Å². The van der Waals surface area contributed by atoms with Gasteiger partial charge in [-0.25, -0.2) is 0 Å². The predicted molar refractivity (Wildman–Crippen MR) is 79.3 cm³/mol. The lowest BCUT2D eigenvalue weighted by Crippen LogP contribution is -2.29. The van der Waals surface area contributed by atoms with Crippen molar-refractivity contribution < 1.29 is 19.4 Å². The Kier molecular flexibility index (Phi) is 5.20. The Hall–Kier alpha value is -2.04. The van der Waals surface area contributed by atoms with Crippen molar-refractivity contribution in [2.24, 2.45) is 11.8 Å². The van der Waals surface area contributed by atoms with Crippen LogP contribution in [0.5, 0.6) is 5.75 Å². The van der Waals surface area contributed by atoms with E-state index in [9.17, 15) is 9.59 Å². The van der Waals surface area contributed by atoms with Gasteiger partial charge in [-0.15, -0.1) is 0 Å². The maximum Gasteiger partial charge on any atom is 0.306 e. The second-order valence-electron chi connectivity index (χ2n) is 5.33. The van der Waals surface area contributed by atoms with E-state index in [2.05, 4.69) is 5.32 Å². The number of carboxylic acid groups (broad SMARTS) is 1. The van der Waals surface area contributed by atoms with Crippen molar-refractivity contribution in [3.8, 4) is 5.75 Å². The molecule has 114 valence electrons. The fourth-order valence-electron chi connectivity index (χ4n) is 2.65. The molecule has 0 atom stereocenters. The number of carbonyl (C=O) groups excluding carboxylic acids is 1. The first-order valence-corrected chi connectivity index (χ1v) is 7.36. The van der Waals surface area contributed by atoms with Gasteiger partial charge < -0.3 is 15.2 Å². The summed E-state index contributed by atoms with van der Waals surface area (Å²) in [5.41, 5.74) is 0.740. The van der Waals surface area contributed by atoms with E-state index in [1.165, 1.54) is 0 Å². The van der Waals surface area contributed by atoms with Gasteiger partial charge in [0.05, 0.1) is 12.5 Å². The molecule has 0 saturated heterocycles. The van der Waals surface area contributed by atoms with Crippen LogP contribution in [0.25, 0.3) is 0 Å². The minimum atomic E-state index is -0.750. The zero-order chi connectivity index (χ0) is 15.2. The van der Waals surface area contributed by atoms with Crippen LogP contribution in [0.4, 0.5) is 5.69 Å². The first kappa shape index (κ1) is 15.4. The number of anilines is 1. The first-order valence-electron chi connectivity index (χ1n) is 7.36. The molecule has 1 saturated carbocycles. The largest absolute Gasteiger partial charge is 0.494 e. The number of ether oxygens (including phenoxy) is 1. The van der Waals surface area contributed by atoms with Gasteiger partial charge in [0.1, 0.15) is 5.75 Å². The number of aliphatic carboxylic acids is 1. The van der Waals surface area contributed by atoms with Gasteiger partial charge in [-0.2, -0.15) is 0 Å². The number of benzene rings is 1. The molecular formula is C16H21NO4. The average molecular weight is 291 g/mol. The molecule has 1 fully saturated rings. The lowest BCUT2D eigenvalue weighted by molar-refractivity contribution is -0.143. The summed E-state index contributed by atoms with van der Waals surface area (Å²) in [5.74, 6) is -0.382. The minimum Gasteiger partial charge on any atom is -0.494 e. The zero-order valence-electron chi connectivity index (χ0n) is 12.2. The molecule has 1 aliphatic rings. The zero-order valence-corrected chi connectivity index (χ0v) is 12.2. The summed E-state index contributed by atoms with van der Waals surface area (Å²) in [7, 11) is 0. The molecule has 1 aromatic rings. The van der Waals surface area contributed by atoms with E-state index >= 15 is 0 Å². The van der Waals surface area contributed by atoms with Gasteiger partial charge in [0.25, 0.3) is 0 Å². The number of hydrogen-bond donors (Lipinski definition) is 2. The number of rotatable bonds is 5. The van der Waals surface area contributed by atoms with Crippen LogP contribution in [0, 0.1) is 11.8 Å². The van der Waals surface area contributed by atoms with Crippen LogP contribution in [0.15, 0.2) is 24.3 Å². The summed E-state index contributed by atoms with van der Waals surface area (Å²) >= 11 is 0. The molecule has 21 heavy (non-hydrogen) atoms. The second-order valence-corrected chi connectivity index (χ2v) is 5.33. The summed E-state index contributed by atoms with van der Waals surface area (Å²) in [6.45, 7) is 2.53.